The van der Waals surface area contributed by atoms with Crippen LogP contribution in [0.25, 0.3) is 0 Å². The van der Waals surface area contributed by atoms with Gasteiger partial charge in [-0.3, -0.25) is 0 Å². The average Bonchev–Trinajstić information content (AvgIpc) is 1.95. The van der Waals surface area contributed by atoms with Gasteiger partial charge in [-0.1, -0.05) is 12.5 Å². The zero-order valence-corrected chi connectivity index (χ0v) is 9.00. The van der Waals surface area contributed by atoms with Gasteiger partial charge in [0.1, 0.15) is 0 Å². The van der Waals surface area contributed by atoms with Crippen molar-refractivity contribution in [2.45, 2.75) is 6.92 Å². The molecule has 1 N–H and O–H groups in total. The normalized spacial score (nSPS) is 8.45. The van der Waals surface area contributed by atoms with Gasteiger partial charge in [0.05, 0.1) is 6.29 Å². The average molecular weight is 224 g/mol. The summed E-state index contributed by atoms with van der Waals surface area (Å²) in [4.78, 5) is 10.2. The molecule has 0 aliphatic rings. The number of phenols is 1. The zero-order valence-electron chi connectivity index (χ0n) is 6.16. The van der Waals surface area contributed by atoms with Crippen LogP contribution >= 0.6 is 0 Å². The predicted molar refractivity (Wildman–Crippen MR) is 37.1 cm³/mol. The monoisotopic (exact) mass is 224 g/mol. The topological polar surface area (TPSA) is 37.3 Å². The number of phenolic OH excluding ortho intramolecular Hbond substituents is 1. The number of aldehydes is 1. The van der Waals surface area contributed by atoms with Crippen LogP contribution in [-0.4, -0.2) is 11.4 Å². The maximum absolute atomic E-state index is 10.2. The van der Waals surface area contributed by atoms with Crippen LogP contribution in [0.4, 0.5) is 0 Å². The molecule has 0 heterocycles. The molecule has 0 unspecified atom stereocenters. The number of carbonyl (C=O) groups is 1. The van der Waals surface area contributed by atoms with Gasteiger partial charge in [-0.25, -0.2) is 0 Å². The van der Waals surface area contributed by atoms with Gasteiger partial charge in [-0.2, -0.15) is 12.1 Å². The number of rotatable bonds is 1. The van der Waals surface area contributed by atoms with E-state index >= 15 is 0 Å². The van der Waals surface area contributed by atoms with Crippen LogP contribution in [0.3, 0.4) is 0 Å². The molecule has 55 valence electrons. The number of carbonyl (C=O) groups excluding carboxylic acids is 1. The Bertz CT molecular complexity index is 258. The molecule has 0 aromatic heterocycles. The summed E-state index contributed by atoms with van der Waals surface area (Å²) in [5, 5.41) is 8.97. The summed E-state index contributed by atoms with van der Waals surface area (Å²) in [6, 6.07) is 5.61. The van der Waals surface area contributed by atoms with E-state index in [1.807, 2.05) is 0 Å². The van der Waals surface area contributed by atoms with Crippen molar-refractivity contribution in [2.75, 3.05) is 0 Å². The zero-order chi connectivity index (χ0) is 7.56. The van der Waals surface area contributed by atoms with Crippen LogP contribution in [0.15, 0.2) is 12.1 Å². The van der Waals surface area contributed by atoms with Crippen molar-refractivity contribution in [1.29, 1.82) is 0 Å². The van der Waals surface area contributed by atoms with Crippen molar-refractivity contribution in [3.05, 3.63) is 29.3 Å². The quantitative estimate of drug-likeness (QED) is 0.576. The Morgan fingerprint density at radius 1 is 1.64 bits per heavy atom. The Morgan fingerprint density at radius 3 is 2.73 bits per heavy atom. The van der Waals surface area contributed by atoms with Gasteiger partial charge in [0, 0.05) is 38.5 Å². The Morgan fingerprint density at radius 2 is 2.27 bits per heavy atom. The molecule has 0 aliphatic heterocycles. The van der Waals surface area contributed by atoms with Crippen molar-refractivity contribution in [3.8, 4) is 5.75 Å². The fourth-order valence-corrected chi connectivity index (χ4v) is 0.694. The first kappa shape index (κ1) is 10.8. The van der Waals surface area contributed by atoms with Gasteiger partial charge in [0.25, 0.3) is 0 Å². The molecule has 0 saturated heterocycles. The minimum atomic E-state index is 0. The minimum absolute atomic E-state index is 0. The van der Waals surface area contributed by atoms with Crippen molar-refractivity contribution < 1.29 is 42.6 Å². The Kier molecular flexibility index (Phi) is 4.54. The predicted octanol–water partition coefficient (Wildman–Crippen LogP) is 1.31. The number of benzene rings is 1. The summed E-state index contributed by atoms with van der Waals surface area (Å²) < 4.78 is 0. The van der Waals surface area contributed by atoms with Crippen molar-refractivity contribution in [3.63, 3.8) is 0 Å². The van der Waals surface area contributed by atoms with Crippen molar-refractivity contribution >= 4 is 6.29 Å². The van der Waals surface area contributed by atoms with Crippen LogP contribution in [0.5, 0.6) is 5.75 Å². The Labute approximate surface area is 90.5 Å². The summed E-state index contributed by atoms with van der Waals surface area (Å²) >= 11 is 0. The van der Waals surface area contributed by atoms with Gasteiger partial charge < -0.3 is 9.90 Å². The van der Waals surface area contributed by atoms with Gasteiger partial charge in [0.15, 0.2) is 0 Å². The van der Waals surface area contributed by atoms with Crippen LogP contribution in [-0.2, 0) is 32.7 Å². The van der Waals surface area contributed by atoms with Crippen LogP contribution < -0.4 is 0 Å². The second kappa shape index (κ2) is 4.63. The van der Waals surface area contributed by atoms with E-state index in [9.17, 15) is 4.79 Å². The molecule has 1 aromatic carbocycles. The summed E-state index contributed by atoms with van der Waals surface area (Å²) in [5.74, 6) is 0.102. The molecule has 0 bridgehead atoms. The van der Waals surface area contributed by atoms with Gasteiger partial charge in [-0.05, 0) is 0 Å². The third-order valence-corrected chi connectivity index (χ3v) is 1.27. The van der Waals surface area contributed by atoms with Gasteiger partial charge in [0.2, 0.25) is 0 Å². The van der Waals surface area contributed by atoms with E-state index in [0.29, 0.717) is 11.1 Å². The third-order valence-electron chi connectivity index (χ3n) is 1.27. The molecule has 1 radical (unpaired) electrons. The molecular weight excluding hydrogens is 217 g/mol. The molecular formula is C8H7O2Y-. The second-order valence-electron chi connectivity index (χ2n) is 2.08. The smallest absolute Gasteiger partial charge is 0.0950 e. The van der Waals surface area contributed by atoms with E-state index in [1.165, 1.54) is 6.07 Å². The summed E-state index contributed by atoms with van der Waals surface area (Å²) in [5.41, 5.74) is 1.21. The van der Waals surface area contributed by atoms with E-state index in [0.717, 1.165) is 6.29 Å². The standard InChI is InChI=1S/C8H7O2.Y/c1-6-4-7(5-9)2-3-8(6)10;/h2,4-5,10H,1H3;/q-1;. The molecule has 1 aromatic rings. The Hall–Kier alpha value is -0.206. The van der Waals surface area contributed by atoms with E-state index in [1.54, 1.807) is 13.0 Å². The molecule has 0 aliphatic carbocycles. The molecule has 3 heteroatoms. The number of hydrogen-bond acceptors (Lipinski definition) is 2. The summed E-state index contributed by atoms with van der Waals surface area (Å²) in [6.45, 7) is 1.72. The number of aromatic hydroxyl groups is 1. The van der Waals surface area contributed by atoms with Gasteiger partial charge >= 0.3 is 0 Å². The summed E-state index contributed by atoms with van der Waals surface area (Å²) in [6.07, 6.45) is 0.725. The fourth-order valence-electron chi connectivity index (χ4n) is 0.694. The molecule has 0 spiro atoms. The number of hydrogen-bond donors (Lipinski definition) is 1. The van der Waals surface area contributed by atoms with E-state index in [2.05, 4.69) is 6.07 Å². The first-order valence-electron chi connectivity index (χ1n) is 2.90. The molecule has 0 atom stereocenters. The van der Waals surface area contributed by atoms with Crippen LogP contribution in [0, 0.1) is 13.0 Å². The molecule has 0 amide bonds. The van der Waals surface area contributed by atoms with Crippen LogP contribution in [0.1, 0.15) is 15.9 Å². The molecule has 0 saturated carbocycles. The molecule has 1 rings (SSSR count). The van der Waals surface area contributed by atoms with Gasteiger partial charge in [-0.15, -0.1) is 11.6 Å². The molecule has 2 nitrogen and oxygen atoms in total. The van der Waals surface area contributed by atoms with Crippen molar-refractivity contribution in [1.82, 2.24) is 0 Å². The van der Waals surface area contributed by atoms with E-state index < -0.39 is 0 Å². The largest absolute Gasteiger partial charge is 0.534 e. The maximum atomic E-state index is 10.2. The van der Waals surface area contributed by atoms with E-state index in [-0.39, 0.29) is 38.5 Å². The third kappa shape index (κ3) is 2.72. The summed E-state index contributed by atoms with van der Waals surface area (Å²) in [7, 11) is 0. The SMILES string of the molecule is Cc1cc(C=O)c[c-]c1O.[Y]. The van der Waals surface area contributed by atoms with Crippen molar-refractivity contribution in [2.24, 2.45) is 0 Å². The Balaban J connectivity index is 0.000001000. The maximum Gasteiger partial charge on any atom is 0.0950 e. The van der Waals surface area contributed by atoms with Crippen LogP contribution in [0.2, 0.25) is 0 Å². The first-order chi connectivity index (χ1) is 4.74. The molecule has 0 fully saturated rings. The molecule has 11 heavy (non-hydrogen) atoms. The number of aryl methyl sites for hydroxylation is 1. The van der Waals surface area contributed by atoms with E-state index in [4.69, 9.17) is 5.11 Å². The minimum Gasteiger partial charge on any atom is -0.534 e. The first-order valence-corrected chi connectivity index (χ1v) is 2.90. The second-order valence-corrected chi connectivity index (χ2v) is 2.08. The fraction of sp³-hybridized carbons (Fsp3) is 0.125.